The van der Waals surface area contributed by atoms with E-state index in [2.05, 4.69) is 49.1 Å². The molecule has 2 heterocycles. The third kappa shape index (κ3) is 18.2. The molecule has 2 aliphatic heterocycles. The lowest BCUT2D eigenvalue weighted by Gasteiger charge is -2.29. The highest BCUT2D eigenvalue weighted by molar-refractivity contribution is 5.92. The highest BCUT2D eigenvalue weighted by Gasteiger charge is 2.18. The van der Waals surface area contributed by atoms with Crippen molar-refractivity contribution in [3.8, 4) is 0 Å². The molecule has 0 aliphatic carbocycles. The number of carbonyl (C=O) groups is 1. The van der Waals surface area contributed by atoms with Crippen molar-refractivity contribution in [3.05, 3.63) is 115 Å². The Labute approximate surface area is 268 Å². The number of nitrogens with one attached hydrogen (secondary N) is 1. The Kier molecular flexibility index (Phi) is 26.2. The maximum absolute atomic E-state index is 13.1. The Morgan fingerprint density at radius 2 is 1.73 bits per heavy atom. The fourth-order valence-corrected chi connectivity index (χ4v) is 4.07. The minimum atomic E-state index is -0.647. The lowest BCUT2D eigenvalue weighted by molar-refractivity contribution is -0.118. The summed E-state index contributed by atoms with van der Waals surface area (Å²) in [5.41, 5.74) is 3.93. The van der Waals surface area contributed by atoms with Gasteiger partial charge in [0.2, 0.25) is 5.91 Å². The molecule has 1 aromatic carbocycles. The molecule has 3 rings (SSSR count). The van der Waals surface area contributed by atoms with Crippen LogP contribution >= 0.6 is 0 Å². The normalized spacial score (nSPS) is 18.2. The third-order valence-corrected chi connectivity index (χ3v) is 6.55. The summed E-state index contributed by atoms with van der Waals surface area (Å²) in [4.78, 5) is 15.9. The van der Waals surface area contributed by atoms with Crippen LogP contribution in [-0.2, 0) is 4.79 Å². The van der Waals surface area contributed by atoms with E-state index in [-0.39, 0.29) is 11.8 Å². The fourth-order valence-electron chi connectivity index (χ4n) is 4.07. The average molecular weight is 612 g/mol. The van der Waals surface area contributed by atoms with Gasteiger partial charge in [-0.25, -0.2) is 8.78 Å². The number of likely N-dealkylation sites (tertiary alicyclic amines) is 1. The second kappa shape index (κ2) is 27.1. The van der Waals surface area contributed by atoms with Crippen molar-refractivity contribution < 1.29 is 13.6 Å². The van der Waals surface area contributed by atoms with Crippen molar-refractivity contribution in [2.45, 2.75) is 73.6 Å². The number of benzene rings is 1. The maximum Gasteiger partial charge on any atom is 0.226 e. The maximum atomic E-state index is 13.1. The van der Waals surface area contributed by atoms with Crippen LogP contribution in [0.5, 0.6) is 0 Å². The second-order valence-corrected chi connectivity index (χ2v) is 10.1. The van der Waals surface area contributed by atoms with Gasteiger partial charge in [0.25, 0.3) is 0 Å². The first-order valence-corrected chi connectivity index (χ1v) is 15.8. The van der Waals surface area contributed by atoms with Gasteiger partial charge in [0, 0.05) is 30.0 Å². The number of anilines is 1. The largest absolute Gasteiger partial charge is 0.346 e. The van der Waals surface area contributed by atoms with Crippen molar-refractivity contribution in [2.24, 2.45) is 5.92 Å². The molecule has 0 bridgehead atoms. The molecule has 246 valence electrons. The number of piperidine rings is 1. The Morgan fingerprint density at radius 1 is 1.09 bits per heavy atom. The standard InChI is InChI=1S/C16H19F2N.C16H24N2O.2C2H6.C2H4/c1-3-15(18)9-10-16(13-17)19-11-5-4-7-14(2)8-6-12-19;1-12(2)16(19)17-15-6-4-5-14(11-15)13-7-9-18(3)10-8-13;3*1-2/h3-7,9-10,12H,1,8,11,13H2,2H3;4-6,11-13H,7-10H2,1-3H3,(H,17,19);2*1-2H3;1-2H2/b5-4-,12-6-,14-7-,15-9+,16-10+;;;;. The summed E-state index contributed by atoms with van der Waals surface area (Å²) in [6, 6.07) is 8.33. The molecule has 1 fully saturated rings. The molecule has 0 aromatic heterocycles. The third-order valence-electron chi connectivity index (χ3n) is 6.55. The van der Waals surface area contributed by atoms with Gasteiger partial charge in [-0.15, -0.1) is 13.2 Å². The number of hydrogen-bond acceptors (Lipinski definition) is 3. The predicted molar refractivity (Wildman–Crippen MR) is 190 cm³/mol. The van der Waals surface area contributed by atoms with Crippen LogP contribution in [0.15, 0.2) is 110 Å². The lowest BCUT2D eigenvalue weighted by Crippen LogP contribution is -2.29. The molecule has 0 radical (unpaired) electrons. The predicted octanol–water partition coefficient (Wildman–Crippen LogP) is 10.5. The number of hydrogen-bond donors (Lipinski definition) is 1. The first-order valence-electron chi connectivity index (χ1n) is 15.8. The van der Waals surface area contributed by atoms with Gasteiger partial charge in [0.1, 0.15) is 12.5 Å². The van der Waals surface area contributed by atoms with Crippen LogP contribution in [0.2, 0.25) is 0 Å². The van der Waals surface area contributed by atoms with E-state index in [4.69, 9.17) is 0 Å². The minimum absolute atomic E-state index is 0.0204. The second-order valence-electron chi connectivity index (χ2n) is 10.1. The number of amides is 1. The van der Waals surface area contributed by atoms with Gasteiger partial charge in [0.15, 0.2) is 0 Å². The van der Waals surface area contributed by atoms with Gasteiger partial charge in [-0.3, -0.25) is 4.79 Å². The van der Waals surface area contributed by atoms with E-state index in [9.17, 15) is 13.6 Å². The van der Waals surface area contributed by atoms with Crippen molar-refractivity contribution in [3.63, 3.8) is 0 Å². The quantitative estimate of drug-likeness (QED) is 0.246. The SMILES string of the molecule is C=C.C=C/C(F)=C\C=C(/CF)N1/C=C\C/C(C)=C\C=C/C1.CC.CC.CC(C)C(=O)Nc1cccc(C2CCN(C)CC2)c1. The van der Waals surface area contributed by atoms with Crippen molar-refractivity contribution in [1.29, 1.82) is 0 Å². The molecular formula is C38H59F2N3O. The van der Waals surface area contributed by atoms with Gasteiger partial charge in [-0.2, -0.15) is 0 Å². The molecule has 1 aromatic rings. The molecule has 4 nitrogen and oxygen atoms in total. The topological polar surface area (TPSA) is 35.6 Å². The van der Waals surface area contributed by atoms with Crippen LogP contribution in [-0.4, -0.2) is 49.1 Å². The lowest BCUT2D eigenvalue weighted by atomic mass is 9.89. The summed E-state index contributed by atoms with van der Waals surface area (Å²) in [5.74, 6) is 0.256. The zero-order chi connectivity index (χ0) is 33.9. The van der Waals surface area contributed by atoms with E-state index in [0.29, 0.717) is 18.2 Å². The molecule has 1 amide bonds. The molecule has 6 heteroatoms. The van der Waals surface area contributed by atoms with Crippen LogP contribution in [0.25, 0.3) is 0 Å². The van der Waals surface area contributed by atoms with Gasteiger partial charge < -0.3 is 15.1 Å². The summed E-state index contributed by atoms with van der Waals surface area (Å²) < 4.78 is 26.0. The summed E-state index contributed by atoms with van der Waals surface area (Å²) >= 11 is 0. The van der Waals surface area contributed by atoms with Gasteiger partial charge in [-0.1, -0.05) is 90.1 Å². The van der Waals surface area contributed by atoms with Gasteiger partial charge in [-0.05, 0) is 88.2 Å². The summed E-state index contributed by atoms with van der Waals surface area (Å²) in [6.45, 7) is 25.4. The number of halogens is 2. The minimum Gasteiger partial charge on any atom is -0.346 e. The van der Waals surface area contributed by atoms with E-state index < -0.39 is 12.5 Å². The van der Waals surface area contributed by atoms with E-state index in [1.54, 1.807) is 4.90 Å². The molecular weight excluding hydrogens is 552 g/mol. The van der Waals surface area contributed by atoms with E-state index in [1.165, 1.54) is 36.1 Å². The molecule has 0 saturated carbocycles. The first-order chi connectivity index (χ1) is 21.2. The summed E-state index contributed by atoms with van der Waals surface area (Å²) in [6.07, 6.45) is 16.7. The zero-order valence-electron chi connectivity index (χ0n) is 28.7. The van der Waals surface area contributed by atoms with Crippen LogP contribution in [0.4, 0.5) is 14.5 Å². The monoisotopic (exact) mass is 611 g/mol. The molecule has 0 spiro atoms. The van der Waals surface area contributed by atoms with Crippen LogP contribution in [0, 0.1) is 5.92 Å². The Hall–Kier alpha value is -3.51. The van der Waals surface area contributed by atoms with Crippen molar-refractivity contribution >= 4 is 11.6 Å². The number of nitrogens with zero attached hydrogens (tertiary/aromatic N) is 2. The smallest absolute Gasteiger partial charge is 0.226 e. The summed E-state index contributed by atoms with van der Waals surface area (Å²) in [7, 11) is 2.18. The molecule has 44 heavy (non-hydrogen) atoms. The Bertz CT molecular complexity index is 1080. The molecule has 2 aliphatic rings. The van der Waals surface area contributed by atoms with Gasteiger partial charge in [0.05, 0.1) is 0 Å². The van der Waals surface area contributed by atoms with E-state index in [0.717, 1.165) is 31.3 Å². The Morgan fingerprint density at radius 3 is 2.30 bits per heavy atom. The average Bonchev–Trinajstić information content (AvgIpc) is 3.16. The van der Waals surface area contributed by atoms with E-state index >= 15 is 0 Å². The molecule has 1 N–H and O–H groups in total. The highest BCUT2D eigenvalue weighted by atomic mass is 19.1. The summed E-state index contributed by atoms with van der Waals surface area (Å²) in [5, 5.41) is 2.98. The number of carbonyl (C=O) groups excluding carboxylic acids is 1. The molecule has 0 atom stereocenters. The van der Waals surface area contributed by atoms with Crippen molar-refractivity contribution in [2.75, 3.05) is 38.7 Å². The van der Waals surface area contributed by atoms with E-state index in [1.807, 2.05) is 91.1 Å². The zero-order valence-corrected chi connectivity index (χ0v) is 28.7. The van der Waals surface area contributed by atoms with Crippen molar-refractivity contribution in [1.82, 2.24) is 9.80 Å². The molecule has 1 saturated heterocycles. The highest BCUT2D eigenvalue weighted by Crippen LogP contribution is 2.29. The number of allylic oxidation sites excluding steroid dienone is 9. The first kappa shape index (κ1) is 42.6. The van der Waals surface area contributed by atoms with Crippen LogP contribution in [0.3, 0.4) is 0 Å². The van der Waals surface area contributed by atoms with Gasteiger partial charge >= 0.3 is 0 Å². The van der Waals surface area contributed by atoms with Crippen LogP contribution < -0.4 is 5.32 Å². The fraction of sp³-hybridized carbons (Fsp3) is 0.447. The number of alkyl halides is 1. The Balaban J connectivity index is 0. The van der Waals surface area contributed by atoms with Crippen LogP contribution in [0.1, 0.15) is 79.2 Å². The number of rotatable bonds is 7. The molecule has 0 unspecified atom stereocenters.